The highest BCUT2D eigenvalue weighted by Gasteiger charge is 2.34. The molecule has 1 aliphatic heterocycles. The molecule has 0 radical (unpaired) electrons. The van der Waals surface area contributed by atoms with Gasteiger partial charge in [0.25, 0.3) is 5.91 Å². The molecule has 2 atom stereocenters. The third-order valence-electron chi connectivity index (χ3n) is 4.15. The van der Waals surface area contributed by atoms with Crippen LogP contribution in [-0.2, 0) is 0 Å². The van der Waals surface area contributed by atoms with E-state index in [1.54, 1.807) is 25.2 Å². The fourth-order valence-electron chi connectivity index (χ4n) is 3.16. The highest BCUT2D eigenvalue weighted by molar-refractivity contribution is 5.98. The number of carbonyl (C=O) groups is 1. The molecule has 5 heteroatoms. The molecular weight excluding hydrogens is 228 g/mol. The largest absolute Gasteiger partial charge is 0.369 e. The number of anilines is 1. The Morgan fingerprint density at radius 1 is 1.44 bits per heavy atom. The summed E-state index contributed by atoms with van der Waals surface area (Å²) in [5.74, 6) is 1.61. The van der Waals surface area contributed by atoms with Crippen LogP contribution in [-0.4, -0.2) is 41.2 Å². The number of nitrogens with zero attached hydrogens (tertiary/aromatic N) is 3. The first kappa shape index (κ1) is 11.6. The lowest BCUT2D eigenvalue weighted by Gasteiger charge is -2.37. The van der Waals surface area contributed by atoms with Crippen molar-refractivity contribution in [3.8, 4) is 0 Å². The summed E-state index contributed by atoms with van der Waals surface area (Å²) in [7, 11) is 3.55. The van der Waals surface area contributed by atoms with E-state index in [0.29, 0.717) is 17.5 Å². The molecule has 0 aromatic carbocycles. The number of nitrogens with one attached hydrogen (secondary N) is 1. The number of carbonyl (C=O) groups excluding carboxylic acids is 1. The molecule has 1 aromatic heterocycles. The molecule has 5 nitrogen and oxygen atoms in total. The van der Waals surface area contributed by atoms with Crippen molar-refractivity contribution >= 4 is 11.7 Å². The zero-order valence-corrected chi connectivity index (χ0v) is 11.0. The lowest BCUT2D eigenvalue weighted by molar-refractivity contribution is 0.0828. The minimum absolute atomic E-state index is 0.0259. The zero-order valence-electron chi connectivity index (χ0n) is 11.0. The Balaban J connectivity index is 1.95. The summed E-state index contributed by atoms with van der Waals surface area (Å²) in [5.41, 5.74) is 0.698. The molecule has 0 saturated heterocycles. The first-order valence-electron chi connectivity index (χ1n) is 6.71. The van der Waals surface area contributed by atoms with Crippen molar-refractivity contribution in [2.24, 2.45) is 5.92 Å². The summed E-state index contributed by atoms with van der Waals surface area (Å²) >= 11 is 0. The van der Waals surface area contributed by atoms with E-state index in [0.717, 1.165) is 12.4 Å². The van der Waals surface area contributed by atoms with E-state index in [1.165, 1.54) is 25.7 Å². The predicted molar refractivity (Wildman–Crippen MR) is 69.7 cm³/mol. The number of hydrogen-bond acceptors (Lipinski definition) is 3. The minimum Gasteiger partial charge on any atom is -0.369 e. The molecule has 2 aliphatic rings. The Hall–Kier alpha value is -1.52. The molecule has 1 saturated carbocycles. The molecule has 1 aliphatic carbocycles. The van der Waals surface area contributed by atoms with Crippen LogP contribution in [0, 0.1) is 5.92 Å². The van der Waals surface area contributed by atoms with Crippen LogP contribution in [0.5, 0.6) is 0 Å². The second-order valence-electron chi connectivity index (χ2n) is 5.54. The van der Waals surface area contributed by atoms with Gasteiger partial charge in [-0.3, -0.25) is 4.79 Å². The van der Waals surface area contributed by atoms with Crippen molar-refractivity contribution in [1.82, 2.24) is 14.7 Å². The van der Waals surface area contributed by atoms with Gasteiger partial charge in [-0.15, -0.1) is 0 Å². The summed E-state index contributed by atoms with van der Waals surface area (Å²) < 4.78 is 2.05. The number of amides is 1. The molecular formula is C13H20N4O. The Kier molecular flexibility index (Phi) is 2.76. The Morgan fingerprint density at radius 3 is 3.00 bits per heavy atom. The zero-order chi connectivity index (χ0) is 12.7. The molecule has 3 rings (SSSR count). The van der Waals surface area contributed by atoms with Crippen LogP contribution >= 0.6 is 0 Å². The van der Waals surface area contributed by atoms with Crippen LogP contribution in [0.3, 0.4) is 0 Å². The topological polar surface area (TPSA) is 50.2 Å². The summed E-state index contributed by atoms with van der Waals surface area (Å²) in [4.78, 5) is 13.7. The molecule has 2 unspecified atom stereocenters. The number of rotatable bonds is 1. The van der Waals surface area contributed by atoms with Gasteiger partial charge in [0, 0.05) is 20.6 Å². The molecule has 1 N–H and O–H groups in total. The van der Waals surface area contributed by atoms with E-state index in [-0.39, 0.29) is 5.91 Å². The second kappa shape index (κ2) is 4.30. The van der Waals surface area contributed by atoms with Gasteiger partial charge in [0.1, 0.15) is 11.4 Å². The van der Waals surface area contributed by atoms with Crippen LogP contribution < -0.4 is 5.32 Å². The van der Waals surface area contributed by atoms with Crippen molar-refractivity contribution in [1.29, 1.82) is 0 Å². The maximum atomic E-state index is 12.1. The van der Waals surface area contributed by atoms with E-state index < -0.39 is 0 Å². The average Bonchev–Trinajstić information content (AvgIpc) is 2.81. The van der Waals surface area contributed by atoms with E-state index in [9.17, 15) is 4.79 Å². The van der Waals surface area contributed by atoms with Gasteiger partial charge in [-0.1, -0.05) is 12.8 Å². The van der Waals surface area contributed by atoms with Crippen LogP contribution in [0.4, 0.5) is 5.82 Å². The van der Waals surface area contributed by atoms with Gasteiger partial charge in [-0.2, -0.15) is 5.10 Å². The molecule has 98 valence electrons. The monoisotopic (exact) mass is 248 g/mol. The van der Waals surface area contributed by atoms with Gasteiger partial charge in [0.15, 0.2) is 0 Å². The lowest BCUT2D eigenvalue weighted by atomic mass is 9.83. The fourth-order valence-corrected chi connectivity index (χ4v) is 3.16. The third kappa shape index (κ3) is 1.69. The first-order chi connectivity index (χ1) is 8.68. The van der Waals surface area contributed by atoms with Gasteiger partial charge < -0.3 is 10.2 Å². The molecule has 1 fully saturated rings. The Bertz CT molecular complexity index is 466. The van der Waals surface area contributed by atoms with Crippen molar-refractivity contribution in [3.63, 3.8) is 0 Å². The summed E-state index contributed by atoms with van der Waals surface area (Å²) in [6.07, 6.45) is 6.77. The molecule has 1 aromatic rings. The summed E-state index contributed by atoms with van der Waals surface area (Å²) in [5, 5.41) is 7.85. The summed E-state index contributed by atoms with van der Waals surface area (Å²) in [6, 6.07) is 0.485. The highest BCUT2D eigenvalue weighted by atomic mass is 16.2. The Morgan fingerprint density at radius 2 is 2.22 bits per heavy atom. The highest BCUT2D eigenvalue weighted by Crippen LogP contribution is 2.39. The SMILES string of the molecule is CN(C)C(=O)c1cnn2c1NCC1CCCCC12. The minimum atomic E-state index is 0.0259. The second-order valence-corrected chi connectivity index (χ2v) is 5.54. The number of fused-ring (bicyclic) bond motifs is 3. The van der Waals surface area contributed by atoms with Gasteiger partial charge in [-0.25, -0.2) is 4.68 Å². The van der Waals surface area contributed by atoms with Gasteiger partial charge in [0.05, 0.1) is 12.2 Å². The normalized spacial score (nSPS) is 25.9. The quantitative estimate of drug-likeness (QED) is 0.823. The molecule has 18 heavy (non-hydrogen) atoms. The molecule has 1 amide bonds. The average molecular weight is 248 g/mol. The number of aromatic nitrogens is 2. The molecule has 0 bridgehead atoms. The van der Waals surface area contributed by atoms with E-state index >= 15 is 0 Å². The van der Waals surface area contributed by atoms with Gasteiger partial charge in [-0.05, 0) is 18.8 Å². The fraction of sp³-hybridized carbons (Fsp3) is 0.692. The van der Waals surface area contributed by atoms with Gasteiger partial charge in [0.2, 0.25) is 0 Å². The molecule has 2 heterocycles. The maximum absolute atomic E-state index is 12.1. The van der Waals surface area contributed by atoms with E-state index in [4.69, 9.17) is 0 Å². The van der Waals surface area contributed by atoms with Crippen LogP contribution in [0.25, 0.3) is 0 Å². The van der Waals surface area contributed by atoms with Crippen molar-refractivity contribution in [3.05, 3.63) is 11.8 Å². The van der Waals surface area contributed by atoms with Crippen LogP contribution in [0.15, 0.2) is 6.20 Å². The lowest BCUT2D eigenvalue weighted by Crippen LogP contribution is -2.36. The van der Waals surface area contributed by atoms with Crippen molar-refractivity contribution in [2.75, 3.05) is 26.0 Å². The standard InChI is InChI=1S/C13H20N4O/c1-16(2)13(18)10-8-15-17-11-6-4-3-5-9(11)7-14-12(10)17/h8-9,11,14H,3-7H2,1-2H3. The number of hydrogen-bond donors (Lipinski definition) is 1. The van der Waals surface area contributed by atoms with E-state index in [1.807, 2.05) is 4.68 Å². The van der Waals surface area contributed by atoms with Crippen molar-refractivity contribution < 1.29 is 4.79 Å². The van der Waals surface area contributed by atoms with Crippen LogP contribution in [0.2, 0.25) is 0 Å². The molecule has 0 spiro atoms. The first-order valence-corrected chi connectivity index (χ1v) is 6.71. The smallest absolute Gasteiger partial charge is 0.258 e. The van der Waals surface area contributed by atoms with Crippen LogP contribution in [0.1, 0.15) is 42.1 Å². The van der Waals surface area contributed by atoms with E-state index in [2.05, 4.69) is 10.4 Å². The Labute approximate surface area is 107 Å². The van der Waals surface area contributed by atoms with Crippen molar-refractivity contribution in [2.45, 2.75) is 31.7 Å². The predicted octanol–water partition coefficient (Wildman–Crippen LogP) is 1.74. The van der Waals surface area contributed by atoms with Gasteiger partial charge >= 0.3 is 0 Å². The third-order valence-corrected chi connectivity index (χ3v) is 4.15. The maximum Gasteiger partial charge on any atom is 0.258 e. The summed E-state index contributed by atoms with van der Waals surface area (Å²) in [6.45, 7) is 0.976.